The molecule has 0 spiro atoms. The lowest BCUT2D eigenvalue weighted by molar-refractivity contribution is -0.131. The largest absolute Gasteiger partial charge is 0.346 e. The third-order valence-corrected chi connectivity index (χ3v) is 3.20. The average molecular weight is 218 g/mol. The molecule has 1 rings (SSSR count). The van der Waals surface area contributed by atoms with Crippen LogP contribution in [0.2, 0.25) is 0 Å². The molecule has 0 aliphatic heterocycles. The van der Waals surface area contributed by atoms with Crippen LogP contribution in [-0.4, -0.2) is 30.3 Å². The van der Waals surface area contributed by atoms with Crippen molar-refractivity contribution in [1.29, 1.82) is 0 Å². The molecule has 0 N–H and O–H groups in total. The Morgan fingerprint density at radius 1 is 1.43 bits per heavy atom. The van der Waals surface area contributed by atoms with Crippen LogP contribution < -0.4 is 0 Å². The topological polar surface area (TPSA) is 20.3 Å². The third-order valence-electron chi connectivity index (χ3n) is 2.93. The van der Waals surface area contributed by atoms with Crippen LogP contribution in [0.15, 0.2) is 0 Å². The number of unbranched alkanes of at least 4 members (excludes halogenated alkanes) is 2. The van der Waals surface area contributed by atoms with Gasteiger partial charge in [0.2, 0.25) is 5.91 Å². The number of alkyl halides is 1. The van der Waals surface area contributed by atoms with E-state index in [4.69, 9.17) is 11.6 Å². The molecule has 0 radical (unpaired) electrons. The lowest BCUT2D eigenvalue weighted by Gasteiger charge is -2.16. The maximum Gasteiger partial charge on any atom is 0.225 e. The molecule has 0 saturated heterocycles. The number of rotatable bonds is 6. The van der Waals surface area contributed by atoms with E-state index in [0.717, 1.165) is 38.1 Å². The molecule has 0 heterocycles. The lowest BCUT2D eigenvalue weighted by atomic mass is 10.2. The SMILES string of the molecule is CC1CC1C(=O)N(C)CCCCCCl. The quantitative estimate of drug-likeness (QED) is 0.495. The molecule has 0 aromatic carbocycles. The average Bonchev–Trinajstić information content (AvgIpc) is 2.88. The molecule has 2 unspecified atom stereocenters. The summed E-state index contributed by atoms with van der Waals surface area (Å²) in [6.07, 6.45) is 4.35. The Hall–Kier alpha value is -0.240. The second kappa shape index (κ2) is 5.59. The fourth-order valence-electron chi connectivity index (χ4n) is 1.68. The molecule has 1 aliphatic carbocycles. The van der Waals surface area contributed by atoms with Gasteiger partial charge in [0.25, 0.3) is 0 Å². The van der Waals surface area contributed by atoms with Crippen LogP contribution in [0.5, 0.6) is 0 Å². The first kappa shape index (κ1) is 11.8. The summed E-state index contributed by atoms with van der Waals surface area (Å²) in [5, 5.41) is 0. The van der Waals surface area contributed by atoms with Crippen molar-refractivity contribution in [1.82, 2.24) is 4.90 Å². The van der Waals surface area contributed by atoms with Gasteiger partial charge in [0, 0.05) is 25.4 Å². The van der Waals surface area contributed by atoms with Crippen molar-refractivity contribution in [2.45, 2.75) is 32.6 Å². The van der Waals surface area contributed by atoms with Crippen molar-refractivity contribution in [3.05, 3.63) is 0 Å². The number of nitrogens with zero attached hydrogens (tertiary/aromatic N) is 1. The van der Waals surface area contributed by atoms with Gasteiger partial charge in [-0.15, -0.1) is 11.6 Å². The molecular formula is C11H20ClNO. The number of halogens is 1. The van der Waals surface area contributed by atoms with Gasteiger partial charge in [-0.05, 0) is 25.2 Å². The molecule has 0 aromatic heterocycles. The number of carbonyl (C=O) groups is 1. The van der Waals surface area contributed by atoms with Crippen LogP contribution in [0, 0.1) is 11.8 Å². The molecule has 1 fully saturated rings. The zero-order valence-corrected chi connectivity index (χ0v) is 9.89. The molecular weight excluding hydrogens is 198 g/mol. The maximum atomic E-state index is 11.7. The Morgan fingerprint density at radius 3 is 2.57 bits per heavy atom. The molecule has 82 valence electrons. The van der Waals surface area contributed by atoms with E-state index < -0.39 is 0 Å². The first-order chi connectivity index (χ1) is 6.66. The van der Waals surface area contributed by atoms with Gasteiger partial charge in [0.15, 0.2) is 0 Å². The van der Waals surface area contributed by atoms with Gasteiger partial charge in [-0.2, -0.15) is 0 Å². The Kier molecular flexibility index (Phi) is 4.73. The van der Waals surface area contributed by atoms with Gasteiger partial charge in [0.05, 0.1) is 0 Å². The summed E-state index contributed by atoms with van der Waals surface area (Å²) in [5.74, 6) is 2.02. The van der Waals surface area contributed by atoms with E-state index in [2.05, 4.69) is 6.92 Å². The van der Waals surface area contributed by atoms with Crippen molar-refractivity contribution in [2.75, 3.05) is 19.5 Å². The van der Waals surface area contributed by atoms with Crippen LogP contribution in [0.1, 0.15) is 32.6 Å². The number of carbonyl (C=O) groups excluding carboxylic acids is 1. The Morgan fingerprint density at radius 2 is 2.07 bits per heavy atom. The van der Waals surface area contributed by atoms with Crippen molar-refractivity contribution >= 4 is 17.5 Å². The van der Waals surface area contributed by atoms with E-state index in [1.54, 1.807) is 0 Å². The van der Waals surface area contributed by atoms with Gasteiger partial charge in [-0.25, -0.2) is 0 Å². The number of hydrogen-bond donors (Lipinski definition) is 0. The molecule has 1 saturated carbocycles. The minimum atomic E-state index is 0.327. The number of hydrogen-bond acceptors (Lipinski definition) is 1. The van der Waals surface area contributed by atoms with Gasteiger partial charge in [0.1, 0.15) is 0 Å². The monoisotopic (exact) mass is 217 g/mol. The summed E-state index contributed by atoms with van der Waals surface area (Å²) >= 11 is 5.58. The highest BCUT2D eigenvalue weighted by atomic mass is 35.5. The molecule has 2 atom stereocenters. The summed E-state index contributed by atoms with van der Waals surface area (Å²) in [6.45, 7) is 3.03. The van der Waals surface area contributed by atoms with Crippen molar-refractivity contribution < 1.29 is 4.79 Å². The highest BCUT2D eigenvalue weighted by molar-refractivity contribution is 6.17. The standard InChI is InChI=1S/C11H20ClNO/c1-9-8-10(9)11(14)13(2)7-5-3-4-6-12/h9-10H,3-8H2,1-2H3. The summed E-state index contributed by atoms with van der Waals surface area (Å²) in [6, 6.07) is 0. The highest BCUT2D eigenvalue weighted by Crippen LogP contribution is 2.38. The van der Waals surface area contributed by atoms with E-state index in [9.17, 15) is 4.79 Å². The normalized spacial score (nSPS) is 24.8. The summed E-state index contributed by atoms with van der Waals surface area (Å²) in [7, 11) is 1.91. The Labute approximate surface area is 91.6 Å². The van der Waals surface area contributed by atoms with Crippen molar-refractivity contribution in [2.24, 2.45) is 11.8 Å². The minimum absolute atomic E-state index is 0.327. The van der Waals surface area contributed by atoms with Crippen LogP contribution in [0.25, 0.3) is 0 Å². The van der Waals surface area contributed by atoms with Crippen LogP contribution >= 0.6 is 11.6 Å². The second-order valence-corrected chi connectivity index (χ2v) is 4.71. The van der Waals surface area contributed by atoms with Gasteiger partial charge < -0.3 is 4.90 Å². The van der Waals surface area contributed by atoms with Gasteiger partial charge in [-0.1, -0.05) is 13.3 Å². The van der Waals surface area contributed by atoms with Gasteiger partial charge in [-0.3, -0.25) is 4.79 Å². The highest BCUT2D eigenvalue weighted by Gasteiger charge is 2.40. The molecule has 14 heavy (non-hydrogen) atoms. The fourth-order valence-corrected chi connectivity index (χ4v) is 1.87. The maximum absolute atomic E-state index is 11.7. The zero-order chi connectivity index (χ0) is 10.6. The van der Waals surface area contributed by atoms with E-state index in [0.29, 0.717) is 17.7 Å². The van der Waals surface area contributed by atoms with Crippen LogP contribution in [0.4, 0.5) is 0 Å². The fraction of sp³-hybridized carbons (Fsp3) is 0.909. The lowest BCUT2D eigenvalue weighted by Crippen LogP contribution is -2.29. The first-order valence-corrected chi connectivity index (χ1v) is 6.01. The van der Waals surface area contributed by atoms with E-state index in [1.165, 1.54) is 0 Å². The Bertz CT molecular complexity index is 196. The van der Waals surface area contributed by atoms with Crippen molar-refractivity contribution in [3.63, 3.8) is 0 Å². The third kappa shape index (κ3) is 3.49. The molecule has 0 aromatic rings. The van der Waals surface area contributed by atoms with Crippen LogP contribution in [-0.2, 0) is 4.79 Å². The molecule has 3 heteroatoms. The second-order valence-electron chi connectivity index (χ2n) is 4.33. The molecule has 0 bridgehead atoms. The van der Waals surface area contributed by atoms with Gasteiger partial charge >= 0.3 is 0 Å². The molecule has 2 nitrogen and oxygen atoms in total. The van der Waals surface area contributed by atoms with Crippen LogP contribution in [0.3, 0.4) is 0 Å². The van der Waals surface area contributed by atoms with E-state index in [1.807, 2.05) is 11.9 Å². The van der Waals surface area contributed by atoms with Crippen molar-refractivity contribution in [3.8, 4) is 0 Å². The number of amides is 1. The van der Waals surface area contributed by atoms with E-state index in [-0.39, 0.29) is 0 Å². The predicted octanol–water partition coefficient (Wildman–Crippen LogP) is 2.51. The van der Waals surface area contributed by atoms with E-state index >= 15 is 0 Å². The smallest absolute Gasteiger partial charge is 0.225 e. The Balaban J connectivity index is 2.08. The summed E-state index contributed by atoms with van der Waals surface area (Å²) in [5.41, 5.74) is 0. The zero-order valence-electron chi connectivity index (χ0n) is 9.13. The molecule has 1 amide bonds. The predicted molar refractivity (Wildman–Crippen MR) is 59.5 cm³/mol. The first-order valence-electron chi connectivity index (χ1n) is 5.47. The summed E-state index contributed by atoms with van der Waals surface area (Å²) < 4.78 is 0. The summed E-state index contributed by atoms with van der Waals surface area (Å²) in [4.78, 5) is 13.6. The molecule has 1 aliphatic rings. The minimum Gasteiger partial charge on any atom is -0.346 e.